The lowest BCUT2D eigenvalue weighted by Gasteiger charge is -2.17. The highest BCUT2D eigenvalue weighted by Gasteiger charge is 2.19. The van der Waals surface area contributed by atoms with Crippen LogP contribution in [0.15, 0.2) is 4.42 Å². The molecule has 1 aromatic rings. The third-order valence-electron chi connectivity index (χ3n) is 3.48. The Bertz CT molecular complexity index is 339. The van der Waals surface area contributed by atoms with E-state index in [4.69, 9.17) is 4.42 Å². The summed E-state index contributed by atoms with van der Waals surface area (Å²) in [6.07, 6.45) is 5.07. The van der Waals surface area contributed by atoms with Gasteiger partial charge in [-0.25, -0.2) is 0 Å². The van der Waals surface area contributed by atoms with Gasteiger partial charge in [0.2, 0.25) is 5.89 Å². The molecular weight excluding hydrogens is 216 g/mol. The summed E-state index contributed by atoms with van der Waals surface area (Å²) in [5.74, 6) is 1.53. The van der Waals surface area contributed by atoms with Crippen molar-refractivity contribution < 1.29 is 4.42 Å². The van der Waals surface area contributed by atoms with Gasteiger partial charge < -0.3 is 14.6 Å². The lowest BCUT2D eigenvalue weighted by Crippen LogP contribution is -2.24. The minimum absolute atomic E-state index is 0.637. The summed E-state index contributed by atoms with van der Waals surface area (Å²) >= 11 is 0. The molecule has 0 aliphatic carbocycles. The first kappa shape index (κ1) is 12.4. The van der Waals surface area contributed by atoms with Crippen LogP contribution in [0.2, 0.25) is 0 Å². The molecule has 1 atom stereocenters. The van der Waals surface area contributed by atoms with Crippen molar-refractivity contribution in [3.8, 4) is 0 Å². The van der Waals surface area contributed by atoms with Crippen LogP contribution >= 0.6 is 0 Å². The van der Waals surface area contributed by atoms with E-state index in [-0.39, 0.29) is 0 Å². The molecule has 0 amide bonds. The highest BCUT2D eigenvalue weighted by Crippen LogP contribution is 2.23. The fourth-order valence-electron chi connectivity index (χ4n) is 2.36. The van der Waals surface area contributed by atoms with Gasteiger partial charge in [0, 0.05) is 13.1 Å². The average Bonchev–Trinajstić information content (AvgIpc) is 2.67. The summed E-state index contributed by atoms with van der Waals surface area (Å²) in [5.41, 5.74) is 0. The van der Waals surface area contributed by atoms with Gasteiger partial charge in [-0.2, -0.15) is 0 Å². The standard InChI is InChI=1S/C12H22N4O/c1-3-10-5-4-7-16(8-6-10)12-15-14-11(17-12)9-13-2/h10,13H,3-9H2,1-2H3. The van der Waals surface area contributed by atoms with Gasteiger partial charge >= 0.3 is 6.01 Å². The Morgan fingerprint density at radius 2 is 2.24 bits per heavy atom. The van der Waals surface area contributed by atoms with Crippen molar-refractivity contribution >= 4 is 6.01 Å². The van der Waals surface area contributed by atoms with Crippen molar-refractivity contribution in [2.24, 2.45) is 5.92 Å². The van der Waals surface area contributed by atoms with Crippen LogP contribution in [0.1, 0.15) is 38.5 Å². The molecule has 1 saturated heterocycles. The largest absolute Gasteiger partial charge is 0.407 e. The number of rotatable bonds is 4. The molecule has 0 bridgehead atoms. The minimum Gasteiger partial charge on any atom is -0.407 e. The van der Waals surface area contributed by atoms with Crippen LogP contribution in [0.25, 0.3) is 0 Å². The lowest BCUT2D eigenvalue weighted by molar-refractivity contribution is 0.454. The number of aromatic nitrogens is 2. The SMILES string of the molecule is CCC1CCCN(c2nnc(CNC)o2)CC1. The molecule has 2 heterocycles. The average molecular weight is 238 g/mol. The van der Waals surface area contributed by atoms with E-state index < -0.39 is 0 Å². The van der Waals surface area contributed by atoms with E-state index in [9.17, 15) is 0 Å². The van der Waals surface area contributed by atoms with Gasteiger partial charge in [-0.1, -0.05) is 18.4 Å². The molecule has 1 aliphatic heterocycles. The highest BCUT2D eigenvalue weighted by molar-refractivity contribution is 5.24. The van der Waals surface area contributed by atoms with Gasteiger partial charge in [-0.15, -0.1) is 5.10 Å². The van der Waals surface area contributed by atoms with E-state index in [1.165, 1.54) is 25.7 Å². The van der Waals surface area contributed by atoms with Crippen LogP contribution in [0, 0.1) is 5.92 Å². The quantitative estimate of drug-likeness (QED) is 0.867. The first-order valence-electron chi connectivity index (χ1n) is 6.55. The maximum Gasteiger partial charge on any atom is 0.318 e. The van der Waals surface area contributed by atoms with Crippen molar-refractivity contribution in [3.63, 3.8) is 0 Å². The maximum atomic E-state index is 5.63. The molecule has 0 spiro atoms. The number of nitrogens with one attached hydrogen (secondary N) is 1. The van der Waals surface area contributed by atoms with Crippen molar-refractivity contribution in [1.82, 2.24) is 15.5 Å². The normalized spacial score (nSPS) is 21.5. The molecule has 2 rings (SSSR count). The summed E-state index contributed by atoms with van der Waals surface area (Å²) in [5, 5.41) is 11.2. The first-order valence-corrected chi connectivity index (χ1v) is 6.55. The monoisotopic (exact) mass is 238 g/mol. The molecule has 0 saturated carbocycles. The Balaban J connectivity index is 1.96. The Morgan fingerprint density at radius 1 is 1.35 bits per heavy atom. The number of hydrogen-bond acceptors (Lipinski definition) is 5. The van der Waals surface area contributed by atoms with E-state index in [1.54, 1.807) is 0 Å². The van der Waals surface area contributed by atoms with Crippen LogP contribution in [0.4, 0.5) is 6.01 Å². The molecule has 0 aromatic carbocycles. The van der Waals surface area contributed by atoms with E-state index in [1.807, 2.05) is 7.05 Å². The molecule has 1 unspecified atom stereocenters. The van der Waals surface area contributed by atoms with Gasteiger partial charge in [0.25, 0.3) is 0 Å². The third kappa shape index (κ3) is 3.19. The molecule has 1 aromatic heterocycles. The van der Waals surface area contributed by atoms with Crippen LogP contribution in [-0.4, -0.2) is 30.3 Å². The van der Waals surface area contributed by atoms with Crippen LogP contribution in [0.5, 0.6) is 0 Å². The van der Waals surface area contributed by atoms with E-state index >= 15 is 0 Å². The van der Waals surface area contributed by atoms with Gasteiger partial charge in [-0.05, 0) is 32.2 Å². The van der Waals surface area contributed by atoms with Crippen LogP contribution in [0.3, 0.4) is 0 Å². The Kier molecular flexibility index (Phi) is 4.36. The van der Waals surface area contributed by atoms with Crippen molar-refractivity contribution in [1.29, 1.82) is 0 Å². The molecule has 1 fully saturated rings. The molecule has 96 valence electrons. The second-order valence-corrected chi connectivity index (χ2v) is 4.70. The highest BCUT2D eigenvalue weighted by atomic mass is 16.4. The van der Waals surface area contributed by atoms with Gasteiger partial charge in [0.05, 0.1) is 6.54 Å². The van der Waals surface area contributed by atoms with E-state index in [0.717, 1.165) is 19.0 Å². The fourth-order valence-corrected chi connectivity index (χ4v) is 2.36. The molecule has 17 heavy (non-hydrogen) atoms. The Hall–Kier alpha value is -1.10. The first-order chi connectivity index (χ1) is 8.33. The van der Waals surface area contributed by atoms with Gasteiger partial charge in [0.15, 0.2) is 0 Å². The topological polar surface area (TPSA) is 54.2 Å². The summed E-state index contributed by atoms with van der Waals surface area (Å²) < 4.78 is 5.63. The number of anilines is 1. The summed E-state index contributed by atoms with van der Waals surface area (Å²) in [6, 6.07) is 0.687. The molecule has 5 heteroatoms. The molecule has 1 aliphatic rings. The zero-order valence-electron chi connectivity index (χ0n) is 10.8. The lowest BCUT2D eigenvalue weighted by atomic mass is 9.98. The van der Waals surface area contributed by atoms with Crippen molar-refractivity contribution in [2.45, 2.75) is 39.2 Å². The fraction of sp³-hybridized carbons (Fsp3) is 0.833. The second kappa shape index (κ2) is 6.00. The maximum absolute atomic E-state index is 5.63. The zero-order chi connectivity index (χ0) is 12.1. The smallest absolute Gasteiger partial charge is 0.318 e. The predicted octanol–water partition coefficient (Wildman–Crippen LogP) is 1.81. The van der Waals surface area contributed by atoms with Crippen LogP contribution in [-0.2, 0) is 6.54 Å². The molecular formula is C12H22N4O. The van der Waals surface area contributed by atoms with Gasteiger partial charge in [0.1, 0.15) is 0 Å². The summed E-state index contributed by atoms with van der Waals surface area (Å²) in [6.45, 7) is 4.99. The molecule has 1 N–H and O–H groups in total. The Labute approximate surface area is 103 Å². The molecule has 0 radical (unpaired) electrons. The predicted molar refractivity (Wildman–Crippen MR) is 66.9 cm³/mol. The van der Waals surface area contributed by atoms with Crippen LogP contribution < -0.4 is 10.2 Å². The summed E-state index contributed by atoms with van der Waals surface area (Å²) in [7, 11) is 1.88. The van der Waals surface area contributed by atoms with E-state index in [0.29, 0.717) is 18.5 Å². The van der Waals surface area contributed by atoms with Crippen molar-refractivity contribution in [3.05, 3.63) is 5.89 Å². The third-order valence-corrected chi connectivity index (χ3v) is 3.48. The Morgan fingerprint density at radius 3 is 3.00 bits per heavy atom. The second-order valence-electron chi connectivity index (χ2n) is 4.70. The minimum atomic E-state index is 0.637. The number of nitrogens with zero attached hydrogens (tertiary/aromatic N) is 3. The van der Waals surface area contributed by atoms with Gasteiger partial charge in [-0.3, -0.25) is 0 Å². The number of hydrogen-bond donors (Lipinski definition) is 1. The zero-order valence-corrected chi connectivity index (χ0v) is 10.8. The van der Waals surface area contributed by atoms with Crippen molar-refractivity contribution in [2.75, 3.05) is 25.0 Å². The van der Waals surface area contributed by atoms with E-state index in [2.05, 4.69) is 27.3 Å². The molecule has 5 nitrogen and oxygen atoms in total. The summed E-state index contributed by atoms with van der Waals surface area (Å²) in [4.78, 5) is 2.22.